The predicted molar refractivity (Wildman–Crippen MR) is 83.0 cm³/mol. The van der Waals surface area contributed by atoms with E-state index in [1.165, 1.54) is 0 Å². The summed E-state index contributed by atoms with van der Waals surface area (Å²) < 4.78 is 78.2. The summed E-state index contributed by atoms with van der Waals surface area (Å²) in [6.07, 6.45) is -4.69. The molecule has 0 aliphatic carbocycles. The zero-order valence-electron chi connectivity index (χ0n) is 12.7. The molecule has 0 aliphatic heterocycles. The van der Waals surface area contributed by atoms with Gasteiger partial charge in [0.1, 0.15) is 5.82 Å². The number of benzene rings is 2. The molecule has 0 radical (unpaired) electrons. The molecule has 134 valence electrons. The van der Waals surface area contributed by atoms with Crippen LogP contribution in [0.25, 0.3) is 0 Å². The van der Waals surface area contributed by atoms with Gasteiger partial charge >= 0.3 is 6.18 Å². The van der Waals surface area contributed by atoms with E-state index < -0.39 is 38.4 Å². The second kappa shape index (κ2) is 6.71. The smallest absolute Gasteiger partial charge is 0.324 e. The van der Waals surface area contributed by atoms with Gasteiger partial charge in [0.25, 0.3) is 10.0 Å². The van der Waals surface area contributed by atoms with Crippen LogP contribution in [0.15, 0.2) is 47.4 Å². The summed E-state index contributed by atoms with van der Waals surface area (Å²) in [5, 5.41) is 2.17. The first kappa shape index (κ1) is 18.7. The van der Waals surface area contributed by atoms with Gasteiger partial charge in [0.05, 0.1) is 21.8 Å². The average molecular weight is 376 g/mol. The molecule has 0 saturated heterocycles. The van der Waals surface area contributed by atoms with E-state index in [1.54, 1.807) is 0 Å². The Morgan fingerprint density at radius 2 is 1.76 bits per heavy atom. The summed E-state index contributed by atoms with van der Waals surface area (Å²) in [4.78, 5) is 10.4. The molecule has 2 rings (SSSR count). The molecule has 0 aliphatic rings. The highest BCUT2D eigenvalue weighted by atomic mass is 32.2. The average Bonchev–Trinajstić information content (AvgIpc) is 2.49. The van der Waals surface area contributed by atoms with E-state index in [0.29, 0.717) is 6.07 Å². The van der Waals surface area contributed by atoms with Gasteiger partial charge in [-0.15, -0.1) is 0 Å². The van der Waals surface area contributed by atoms with E-state index in [1.807, 2.05) is 4.72 Å². The molecule has 2 N–H and O–H groups in total. The Bertz CT molecular complexity index is 911. The van der Waals surface area contributed by atoms with Crippen LogP contribution in [0.2, 0.25) is 0 Å². The maximum atomic E-state index is 13.6. The standard InChI is InChI=1S/C15H12F4N2O3S/c1-9(22)20-14-8-11(5-6-13(14)16)21-25(23,24)12-4-2-3-10(7-12)15(17,18)19/h2-8,21H,1H3,(H,20,22). The first-order valence-corrected chi connectivity index (χ1v) is 8.24. The van der Waals surface area contributed by atoms with Crippen LogP contribution in [0.4, 0.5) is 28.9 Å². The fourth-order valence-electron chi connectivity index (χ4n) is 1.93. The van der Waals surface area contributed by atoms with Crippen molar-refractivity contribution in [3.05, 3.63) is 53.8 Å². The normalized spacial score (nSPS) is 11.9. The van der Waals surface area contributed by atoms with Gasteiger partial charge in [-0.25, -0.2) is 12.8 Å². The van der Waals surface area contributed by atoms with Gasteiger partial charge in [-0.3, -0.25) is 9.52 Å². The number of amides is 1. The monoisotopic (exact) mass is 376 g/mol. The molecule has 0 aromatic heterocycles. The molecule has 0 spiro atoms. The number of anilines is 2. The van der Waals surface area contributed by atoms with Gasteiger partial charge in [-0.05, 0) is 36.4 Å². The minimum Gasteiger partial charge on any atom is -0.324 e. The molecule has 0 fully saturated rings. The van der Waals surface area contributed by atoms with E-state index in [2.05, 4.69) is 5.32 Å². The zero-order valence-corrected chi connectivity index (χ0v) is 13.5. The van der Waals surface area contributed by atoms with Crippen molar-refractivity contribution in [2.45, 2.75) is 18.0 Å². The number of hydrogen-bond acceptors (Lipinski definition) is 3. The Morgan fingerprint density at radius 1 is 1.08 bits per heavy atom. The van der Waals surface area contributed by atoms with Crippen LogP contribution in [0, 0.1) is 5.82 Å². The van der Waals surface area contributed by atoms with Crippen molar-refractivity contribution in [1.29, 1.82) is 0 Å². The Balaban J connectivity index is 2.35. The van der Waals surface area contributed by atoms with Crippen LogP contribution in [0.5, 0.6) is 0 Å². The highest BCUT2D eigenvalue weighted by molar-refractivity contribution is 7.92. The van der Waals surface area contributed by atoms with Crippen molar-refractivity contribution in [2.75, 3.05) is 10.0 Å². The maximum Gasteiger partial charge on any atom is 0.416 e. The number of rotatable bonds is 4. The van der Waals surface area contributed by atoms with Crippen molar-refractivity contribution < 1.29 is 30.8 Å². The van der Waals surface area contributed by atoms with Crippen LogP contribution >= 0.6 is 0 Å². The molecule has 10 heteroatoms. The van der Waals surface area contributed by atoms with Crippen molar-refractivity contribution in [3.8, 4) is 0 Å². The molecule has 0 unspecified atom stereocenters. The number of alkyl halides is 3. The third-order valence-electron chi connectivity index (χ3n) is 3.00. The second-order valence-corrected chi connectivity index (χ2v) is 6.69. The molecule has 2 aromatic carbocycles. The molecular weight excluding hydrogens is 364 g/mol. The molecule has 0 saturated carbocycles. The van der Waals surface area contributed by atoms with Gasteiger partial charge < -0.3 is 5.32 Å². The van der Waals surface area contributed by atoms with Gasteiger partial charge in [0, 0.05) is 6.92 Å². The second-order valence-electron chi connectivity index (χ2n) is 5.01. The minimum absolute atomic E-state index is 0.123. The van der Waals surface area contributed by atoms with Crippen LogP contribution in [0.3, 0.4) is 0 Å². The van der Waals surface area contributed by atoms with Gasteiger partial charge in [-0.2, -0.15) is 13.2 Å². The lowest BCUT2D eigenvalue weighted by Gasteiger charge is -2.12. The minimum atomic E-state index is -4.69. The van der Waals surface area contributed by atoms with Crippen molar-refractivity contribution in [3.63, 3.8) is 0 Å². The van der Waals surface area contributed by atoms with E-state index in [0.717, 1.165) is 43.3 Å². The summed E-state index contributed by atoms with van der Waals surface area (Å²) in [5.74, 6) is -1.37. The number of sulfonamides is 1. The number of carbonyl (C=O) groups excluding carboxylic acids is 1. The molecule has 0 bridgehead atoms. The largest absolute Gasteiger partial charge is 0.416 e. The molecule has 1 amide bonds. The molecule has 5 nitrogen and oxygen atoms in total. The third-order valence-corrected chi connectivity index (χ3v) is 4.38. The molecule has 0 heterocycles. The summed E-state index contributed by atoms with van der Waals surface area (Å²) in [5.41, 5.74) is -1.51. The fourth-order valence-corrected chi connectivity index (χ4v) is 3.02. The van der Waals surface area contributed by atoms with Crippen molar-refractivity contribution in [2.24, 2.45) is 0 Å². The van der Waals surface area contributed by atoms with E-state index in [9.17, 15) is 30.8 Å². The highest BCUT2D eigenvalue weighted by Gasteiger charge is 2.31. The van der Waals surface area contributed by atoms with E-state index >= 15 is 0 Å². The summed E-state index contributed by atoms with van der Waals surface area (Å²) in [6, 6.07) is 6.19. The molecule has 0 atom stereocenters. The molecule has 25 heavy (non-hydrogen) atoms. The number of nitrogens with one attached hydrogen (secondary N) is 2. The Morgan fingerprint density at radius 3 is 2.36 bits per heavy atom. The summed E-state index contributed by atoms with van der Waals surface area (Å²) >= 11 is 0. The summed E-state index contributed by atoms with van der Waals surface area (Å²) in [6.45, 7) is 1.14. The lowest BCUT2D eigenvalue weighted by Crippen LogP contribution is -2.15. The van der Waals surface area contributed by atoms with Gasteiger partial charge in [0.15, 0.2) is 0 Å². The first-order chi connectivity index (χ1) is 11.5. The number of halogens is 4. The Kier molecular flexibility index (Phi) is 5.02. The van der Waals surface area contributed by atoms with Gasteiger partial charge in [0.2, 0.25) is 5.91 Å². The lowest BCUT2D eigenvalue weighted by molar-refractivity contribution is -0.137. The fraction of sp³-hybridized carbons (Fsp3) is 0.133. The predicted octanol–water partition coefficient (Wildman–Crippen LogP) is 3.60. The van der Waals surface area contributed by atoms with Crippen LogP contribution in [-0.2, 0) is 21.0 Å². The van der Waals surface area contributed by atoms with Crippen LogP contribution in [0.1, 0.15) is 12.5 Å². The zero-order chi connectivity index (χ0) is 18.8. The number of carbonyl (C=O) groups is 1. The van der Waals surface area contributed by atoms with E-state index in [4.69, 9.17) is 0 Å². The quantitative estimate of drug-likeness (QED) is 0.801. The van der Waals surface area contributed by atoms with Crippen molar-refractivity contribution >= 4 is 27.3 Å². The first-order valence-electron chi connectivity index (χ1n) is 6.76. The summed E-state index contributed by atoms with van der Waals surface area (Å²) in [7, 11) is -4.34. The Labute approximate surface area is 140 Å². The van der Waals surface area contributed by atoms with E-state index in [-0.39, 0.29) is 11.4 Å². The lowest BCUT2D eigenvalue weighted by atomic mass is 10.2. The van der Waals surface area contributed by atoms with Gasteiger partial charge in [-0.1, -0.05) is 6.07 Å². The highest BCUT2D eigenvalue weighted by Crippen LogP contribution is 2.31. The number of hydrogen-bond donors (Lipinski definition) is 2. The molecular formula is C15H12F4N2O3S. The maximum absolute atomic E-state index is 13.6. The Hall–Kier alpha value is -2.62. The molecule has 2 aromatic rings. The van der Waals surface area contributed by atoms with Crippen molar-refractivity contribution in [1.82, 2.24) is 0 Å². The SMILES string of the molecule is CC(=O)Nc1cc(NS(=O)(=O)c2cccc(C(F)(F)F)c2)ccc1F. The topological polar surface area (TPSA) is 75.3 Å². The van der Waals surface area contributed by atoms with Crippen LogP contribution < -0.4 is 10.0 Å². The third kappa shape index (κ3) is 4.69. The van der Waals surface area contributed by atoms with Crippen LogP contribution in [-0.4, -0.2) is 14.3 Å².